The Morgan fingerprint density at radius 3 is 2.22 bits per heavy atom. The maximum atomic E-state index is 12.9. The maximum Gasteiger partial charge on any atom is 0.253 e. The van der Waals surface area contributed by atoms with Gasteiger partial charge in [-0.3, -0.25) is 9.69 Å². The second-order valence-electron chi connectivity index (χ2n) is 11.0. The highest BCUT2D eigenvalue weighted by Crippen LogP contribution is 2.36. The molecule has 5 rings (SSSR count). The van der Waals surface area contributed by atoms with E-state index in [1.807, 2.05) is 24.1 Å². The quantitative estimate of drug-likeness (QED) is 0.501. The molecule has 5 nitrogen and oxygen atoms in total. The monoisotopic (exact) mass is 509 g/mol. The SMILES string of the molecule is CN1CCN([C@@H]2CCC[C@H]2Oc2ccc(C3CCC(N(C)C(=O)c4ccc(Cl)cc4)CC3)cc2)CC1. The zero-order valence-electron chi connectivity index (χ0n) is 21.7. The number of hydrogen-bond acceptors (Lipinski definition) is 4. The van der Waals surface area contributed by atoms with Crippen molar-refractivity contribution in [2.75, 3.05) is 40.3 Å². The van der Waals surface area contributed by atoms with Gasteiger partial charge in [0.1, 0.15) is 11.9 Å². The summed E-state index contributed by atoms with van der Waals surface area (Å²) in [6, 6.07) is 16.9. The highest BCUT2D eigenvalue weighted by molar-refractivity contribution is 6.30. The zero-order valence-corrected chi connectivity index (χ0v) is 22.5. The first-order valence-electron chi connectivity index (χ1n) is 13.7. The van der Waals surface area contributed by atoms with Crippen LogP contribution in [0, 0.1) is 0 Å². The summed E-state index contributed by atoms with van der Waals surface area (Å²) in [4.78, 5) is 19.9. The molecule has 0 spiro atoms. The molecule has 6 heteroatoms. The molecule has 194 valence electrons. The van der Waals surface area contributed by atoms with Gasteiger partial charge in [-0.1, -0.05) is 23.7 Å². The van der Waals surface area contributed by atoms with Crippen LogP contribution in [-0.2, 0) is 0 Å². The number of ether oxygens (including phenoxy) is 1. The third kappa shape index (κ3) is 5.90. The minimum atomic E-state index is 0.0819. The Morgan fingerprint density at radius 1 is 0.889 bits per heavy atom. The fourth-order valence-corrected chi connectivity index (χ4v) is 6.49. The topological polar surface area (TPSA) is 36.0 Å². The Balaban J connectivity index is 1.12. The van der Waals surface area contributed by atoms with Crippen LogP contribution in [0.15, 0.2) is 48.5 Å². The van der Waals surface area contributed by atoms with Gasteiger partial charge in [0, 0.05) is 55.9 Å². The van der Waals surface area contributed by atoms with E-state index >= 15 is 0 Å². The third-order valence-corrected chi connectivity index (χ3v) is 8.97. The molecular formula is C30H40ClN3O2. The number of carbonyl (C=O) groups is 1. The van der Waals surface area contributed by atoms with E-state index in [9.17, 15) is 4.79 Å². The predicted molar refractivity (Wildman–Crippen MR) is 146 cm³/mol. The van der Waals surface area contributed by atoms with Crippen molar-refractivity contribution < 1.29 is 9.53 Å². The molecule has 2 aromatic carbocycles. The van der Waals surface area contributed by atoms with Gasteiger partial charge in [-0.15, -0.1) is 0 Å². The van der Waals surface area contributed by atoms with E-state index in [1.165, 1.54) is 18.4 Å². The number of benzene rings is 2. The van der Waals surface area contributed by atoms with Gasteiger partial charge >= 0.3 is 0 Å². The van der Waals surface area contributed by atoms with Crippen molar-refractivity contribution in [2.24, 2.45) is 0 Å². The fraction of sp³-hybridized carbons (Fsp3) is 0.567. The average Bonchev–Trinajstić information content (AvgIpc) is 3.37. The van der Waals surface area contributed by atoms with Gasteiger partial charge in [0.25, 0.3) is 5.91 Å². The number of halogens is 1. The van der Waals surface area contributed by atoms with E-state index in [2.05, 4.69) is 41.1 Å². The van der Waals surface area contributed by atoms with Crippen molar-refractivity contribution in [1.29, 1.82) is 0 Å². The lowest BCUT2D eigenvalue weighted by Gasteiger charge is -2.38. The van der Waals surface area contributed by atoms with Gasteiger partial charge in [0.2, 0.25) is 0 Å². The largest absolute Gasteiger partial charge is 0.489 e. The molecule has 3 fully saturated rings. The van der Waals surface area contributed by atoms with Gasteiger partial charge in [0.15, 0.2) is 0 Å². The van der Waals surface area contributed by atoms with E-state index in [1.54, 1.807) is 12.1 Å². The number of rotatable bonds is 6. The molecule has 0 aromatic heterocycles. The minimum absolute atomic E-state index is 0.0819. The molecule has 36 heavy (non-hydrogen) atoms. The molecule has 0 radical (unpaired) electrons. The molecule has 2 atom stereocenters. The molecule has 1 amide bonds. The van der Waals surface area contributed by atoms with Crippen molar-refractivity contribution in [3.8, 4) is 5.75 Å². The van der Waals surface area contributed by atoms with Crippen molar-refractivity contribution in [3.05, 3.63) is 64.7 Å². The fourth-order valence-electron chi connectivity index (χ4n) is 6.37. The summed E-state index contributed by atoms with van der Waals surface area (Å²) < 4.78 is 6.53. The number of piperazine rings is 1. The van der Waals surface area contributed by atoms with Crippen LogP contribution in [0.2, 0.25) is 5.02 Å². The van der Waals surface area contributed by atoms with Crippen LogP contribution in [0.25, 0.3) is 0 Å². The van der Waals surface area contributed by atoms with Gasteiger partial charge in [-0.25, -0.2) is 0 Å². The Kier molecular flexibility index (Phi) is 8.19. The van der Waals surface area contributed by atoms with Crippen LogP contribution < -0.4 is 4.74 Å². The van der Waals surface area contributed by atoms with Gasteiger partial charge in [0.05, 0.1) is 0 Å². The van der Waals surface area contributed by atoms with E-state index in [-0.39, 0.29) is 5.91 Å². The van der Waals surface area contributed by atoms with E-state index in [0.29, 0.717) is 34.7 Å². The number of amides is 1. The standard InChI is InChI=1S/C30H40ClN3O2/c1-32-18-20-34(21-19-32)28-4-3-5-29(28)36-27-16-10-23(11-17-27)22-8-14-26(15-9-22)33(2)30(35)24-6-12-25(31)13-7-24/h6-7,10-13,16-17,22,26,28-29H,3-5,8-9,14-15,18-21H2,1-2H3/t22?,26?,28-,29-/m1/s1. The first kappa shape index (κ1) is 25.6. The molecule has 2 saturated carbocycles. The maximum absolute atomic E-state index is 12.9. The molecule has 2 aliphatic carbocycles. The smallest absolute Gasteiger partial charge is 0.253 e. The Hall–Kier alpha value is -2.08. The van der Waals surface area contributed by atoms with Gasteiger partial charge in [-0.2, -0.15) is 0 Å². The Morgan fingerprint density at radius 2 is 1.56 bits per heavy atom. The van der Waals surface area contributed by atoms with Gasteiger partial charge in [-0.05, 0) is 99.9 Å². The average molecular weight is 510 g/mol. The molecule has 0 bridgehead atoms. The van der Waals surface area contributed by atoms with Crippen molar-refractivity contribution in [1.82, 2.24) is 14.7 Å². The summed E-state index contributed by atoms with van der Waals surface area (Å²) in [6.45, 7) is 4.63. The van der Waals surface area contributed by atoms with Crippen LogP contribution in [0.4, 0.5) is 0 Å². The lowest BCUT2D eigenvalue weighted by Crippen LogP contribution is -2.52. The van der Waals surface area contributed by atoms with E-state index < -0.39 is 0 Å². The molecule has 0 N–H and O–H groups in total. The first-order chi connectivity index (χ1) is 17.5. The highest BCUT2D eigenvalue weighted by Gasteiger charge is 2.35. The second-order valence-corrected chi connectivity index (χ2v) is 11.4. The molecule has 3 aliphatic rings. The molecule has 1 saturated heterocycles. The molecule has 1 heterocycles. The first-order valence-corrected chi connectivity index (χ1v) is 14.1. The molecule has 1 aliphatic heterocycles. The summed E-state index contributed by atoms with van der Waals surface area (Å²) in [5.41, 5.74) is 2.10. The van der Waals surface area contributed by atoms with E-state index in [0.717, 1.165) is 64.0 Å². The Labute approximate surface area is 221 Å². The van der Waals surface area contributed by atoms with Crippen LogP contribution in [0.5, 0.6) is 5.75 Å². The lowest BCUT2D eigenvalue weighted by molar-refractivity contribution is 0.0531. The van der Waals surface area contributed by atoms with Crippen LogP contribution in [0.1, 0.15) is 66.8 Å². The minimum Gasteiger partial charge on any atom is -0.489 e. The molecular weight excluding hydrogens is 470 g/mol. The summed E-state index contributed by atoms with van der Waals surface area (Å²) in [5, 5.41) is 0.657. The lowest BCUT2D eigenvalue weighted by atomic mass is 9.81. The summed E-state index contributed by atoms with van der Waals surface area (Å²) >= 11 is 5.98. The van der Waals surface area contributed by atoms with Crippen LogP contribution in [-0.4, -0.2) is 79.1 Å². The van der Waals surface area contributed by atoms with E-state index in [4.69, 9.17) is 16.3 Å². The Bertz CT molecular complexity index is 996. The zero-order chi connectivity index (χ0) is 25.1. The molecule has 0 unspecified atom stereocenters. The second kappa shape index (κ2) is 11.5. The number of hydrogen-bond donors (Lipinski definition) is 0. The van der Waals surface area contributed by atoms with Crippen molar-refractivity contribution >= 4 is 17.5 Å². The number of nitrogens with zero attached hydrogens (tertiary/aromatic N) is 3. The van der Waals surface area contributed by atoms with Crippen LogP contribution in [0.3, 0.4) is 0 Å². The summed E-state index contributed by atoms with van der Waals surface area (Å²) in [6.07, 6.45) is 8.27. The summed E-state index contributed by atoms with van der Waals surface area (Å²) in [7, 11) is 4.15. The van der Waals surface area contributed by atoms with Crippen molar-refractivity contribution in [3.63, 3.8) is 0 Å². The van der Waals surface area contributed by atoms with Gasteiger partial charge < -0.3 is 14.5 Å². The number of likely N-dealkylation sites (N-methyl/N-ethyl adjacent to an activating group) is 1. The highest BCUT2D eigenvalue weighted by atomic mass is 35.5. The number of carbonyl (C=O) groups excluding carboxylic acids is 1. The predicted octanol–water partition coefficient (Wildman–Crippen LogP) is 5.69. The summed E-state index contributed by atoms with van der Waals surface area (Å²) in [5.74, 6) is 1.64. The molecule has 2 aromatic rings. The third-order valence-electron chi connectivity index (χ3n) is 8.72. The van der Waals surface area contributed by atoms with Crippen molar-refractivity contribution in [2.45, 2.75) is 69.1 Å². The van der Waals surface area contributed by atoms with Crippen LogP contribution >= 0.6 is 11.6 Å². The normalized spacial score (nSPS) is 27.6.